The molecule has 1 unspecified atom stereocenters. The van der Waals surface area contributed by atoms with Crippen molar-refractivity contribution in [1.82, 2.24) is 0 Å². The Morgan fingerprint density at radius 1 is 1.35 bits per heavy atom. The lowest BCUT2D eigenvalue weighted by Crippen LogP contribution is -2.20. The molecule has 2 N–H and O–H groups in total. The standard InChI is InChI=1S/C14H21NO2/c1-9(2)12-6-5-10(3)13(7-12)15-8-11(4)14(16)17/h5-7,9,11,15H,8H2,1-4H3,(H,16,17). The Morgan fingerprint density at radius 3 is 2.53 bits per heavy atom. The number of aryl methyl sites for hydroxylation is 1. The molecular weight excluding hydrogens is 214 g/mol. The van der Waals surface area contributed by atoms with Gasteiger partial charge >= 0.3 is 5.97 Å². The molecule has 0 saturated carbocycles. The predicted molar refractivity (Wildman–Crippen MR) is 70.6 cm³/mol. The molecule has 0 bridgehead atoms. The summed E-state index contributed by atoms with van der Waals surface area (Å²) in [6, 6.07) is 6.30. The maximum Gasteiger partial charge on any atom is 0.308 e. The van der Waals surface area contributed by atoms with Gasteiger partial charge in [-0.05, 0) is 30.0 Å². The van der Waals surface area contributed by atoms with E-state index in [1.54, 1.807) is 6.92 Å². The summed E-state index contributed by atoms with van der Waals surface area (Å²) in [4.78, 5) is 10.7. The van der Waals surface area contributed by atoms with Gasteiger partial charge in [-0.1, -0.05) is 32.9 Å². The van der Waals surface area contributed by atoms with E-state index in [4.69, 9.17) is 5.11 Å². The van der Waals surface area contributed by atoms with Crippen LogP contribution in [0.15, 0.2) is 18.2 Å². The molecule has 0 saturated heterocycles. The number of nitrogens with one attached hydrogen (secondary N) is 1. The molecule has 0 fully saturated rings. The summed E-state index contributed by atoms with van der Waals surface area (Å²) in [5, 5.41) is 12.0. The highest BCUT2D eigenvalue weighted by atomic mass is 16.4. The molecule has 0 aliphatic rings. The molecule has 0 radical (unpaired) electrons. The van der Waals surface area contributed by atoms with Gasteiger partial charge in [0.1, 0.15) is 0 Å². The molecule has 94 valence electrons. The van der Waals surface area contributed by atoms with Crippen molar-refractivity contribution >= 4 is 11.7 Å². The van der Waals surface area contributed by atoms with Crippen LogP contribution in [0.1, 0.15) is 37.8 Å². The van der Waals surface area contributed by atoms with Crippen LogP contribution >= 0.6 is 0 Å². The normalized spacial score (nSPS) is 12.5. The van der Waals surface area contributed by atoms with Gasteiger partial charge in [-0.25, -0.2) is 0 Å². The van der Waals surface area contributed by atoms with E-state index >= 15 is 0 Å². The third-order valence-corrected chi connectivity index (χ3v) is 2.95. The molecule has 0 aliphatic carbocycles. The maximum absolute atomic E-state index is 10.7. The van der Waals surface area contributed by atoms with Gasteiger partial charge < -0.3 is 10.4 Å². The lowest BCUT2D eigenvalue weighted by molar-refractivity contribution is -0.140. The largest absolute Gasteiger partial charge is 0.481 e. The number of rotatable bonds is 5. The summed E-state index contributed by atoms with van der Waals surface area (Å²) in [7, 11) is 0. The van der Waals surface area contributed by atoms with Crippen LogP contribution in [0, 0.1) is 12.8 Å². The van der Waals surface area contributed by atoms with E-state index < -0.39 is 5.97 Å². The molecule has 0 aromatic heterocycles. The minimum Gasteiger partial charge on any atom is -0.481 e. The van der Waals surface area contributed by atoms with E-state index in [1.165, 1.54) is 5.56 Å². The van der Waals surface area contributed by atoms with Gasteiger partial charge in [-0.3, -0.25) is 4.79 Å². The molecule has 1 atom stereocenters. The average molecular weight is 235 g/mol. The molecule has 1 aromatic rings. The molecule has 0 heterocycles. The highest BCUT2D eigenvalue weighted by Gasteiger charge is 2.11. The van der Waals surface area contributed by atoms with Crippen molar-refractivity contribution in [2.24, 2.45) is 5.92 Å². The summed E-state index contributed by atoms with van der Waals surface area (Å²) in [6.45, 7) is 8.48. The Balaban J connectivity index is 2.76. The summed E-state index contributed by atoms with van der Waals surface area (Å²) in [6.07, 6.45) is 0. The smallest absolute Gasteiger partial charge is 0.308 e. The zero-order chi connectivity index (χ0) is 13.0. The summed E-state index contributed by atoms with van der Waals surface area (Å²) in [5.74, 6) is -0.666. The number of carbonyl (C=O) groups is 1. The van der Waals surface area contributed by atoms with E-state index in [2.05, 4.69) is 37.4 Å². The maximum atomic E-state index is 10.7. The predicted octanol–water partition coefficient (Wildman–Crippen LogP) is 3.25. The van der Waals surface area contributed by atoms with Gasteiger partial charge in [0.25, 0.3) is 0 Å². The van der Waals surface area contributed by atoms with E-state index in [0.29, 0.717) is 12.5 Å². The van der Waals surface area contributed by atoms with Gasteiger partial charge in [0.2, 0.25) is 0 Å². The first-order valence-corrected chi connectivity index (χ1v) is 5.99. The second kappa shape index (κ2) is 5.71. The van der Waals surface area contributed by atoms with Crippen LogP contribution in [-0.2, 0) is 4.79 Å². The fourth-order valence-electron chi connectivity index (χ4n) is 1.54. The minimum absolute atomic E-state index is 0.378. The van der Waals surface area contributed by atoms with Crippen molar-refractivity contribution in [2.75, 3.05) is 11.9 Å². The fraction of sp³-hybridized carbons (Fsp3) is 0.500. The molecule has 3 heteroatoms. The lowest BCUT2D eigenvalue weighted by atomic mass is 10.0. The number of carboxylic acid groups (broad SMARTS) is 1. The summed E-state index contributed by atoms with van der Waals surface area (Å²) in [5.41, 5.74) is 3.44. The van der Waals surface area contributed by atoms with E-state index in [0.717, 1.165) is 11.3 Å². The Morgan fingerprint density at radius 2 is 2.00 bits per heavy atom. The van der Waals surface area contributed by atoms with Crippen molar-refractivity contribution in [3.05, 3.63) is 29.3 Å². The van der Waals surface area contributed by atoms with Gasteiger partial charge in [-0.2, -0.15) is 0 Å². The summed E-state index contributed by atoms with van der Waals surface area (Å²) < 4.78 is 0. The second-order valence-electron chi connectivity index (χ2n) is 4.85. The van der Waals surface area contributed by atoms with E-state index in [9.17, 15) is 4.79 Å². The number of hydrogen-bond acceptors (Lipinski definition) is 2. The Hall–Kier alpha value is -1.51. The molecule has 1 aromatic carbocycles. The third kappa shape index (κ3) is 3.77. The van der Waals surface area contributed by atoms with Crippen LogP contribution in [0.25, 0.3) is 0 Å². The zero-order valence-electron chi connectivity index (χ0n) is 10.9. The first-order chi connectivity index (χ1) is 7.91. The summed E-state index contributed by atoms with van der Waals surface area (Å²) >= 11 is 0. The van der Waals surface area contributed by atoms with Gasteiger partial charge in [0, 0.05) is 12.2 Å². The quantitative estimate of drug-likeness (QED) is 0.823. The van der Waals surface area contributed by atoms with Crippen molar-refractivity contribution in [1.29, 1.82) is 0 Å². The zero-order valence-corrected chi connectivity index (χ0v) is 10.9. The van der Waals surface area contributed by atoms with Gasteiger partial charge in [0.05, 0.1) is 5.92 Å². The Bertz CT molecular complexity index is 399. The van der Waals surface area contributed by atoms with Crippen molar-refractivity contribution < 1.29 is 9.90 Å². The molecule has 17 heavy (non-hydrogen) atoms. The number of benzene rings is 1. The topological polar surface area (TPSA) is 49.3 Å². The number of anilines is 1. The monoisotopic (exact) mass is 235 g/mol. The molecule has 0 amide bonds. The van der Waals surface area contributed by atoms with E-state index in [1.807, 2.05) is 6.92 Å². The molecule has 1 rings (SSSR count). The highest BCUT2D eigenvalue weighted by molar-refractivity contribution is 5.70. The average Bonchev–Trinajstić information content (AvgIpc) is 2.26. The lowest BCUT2D eigenvalue weighted by Gasteiger charge is -2.14. The first kappa shape index (κ1) is 13.6. The van der Waals surface area contributed by atoms with Crippen LogP contribution < -0.4 is 5.32 Å². The number of carboxylic acids is 1. The van der Waals surface area contributed by atoms with Crippen LogP contribution in [0.2, 0.25) is 0 Å². The van der Waals surface area contributed by atoms with Crippen LogP contribution in [0.4, 0.5) is 5.69 Å². The van der Waals surface area contributed by atoms with Crippen LogP contribution in [-0.4, -0.2) is 17.6 Å². The van der Waals surface area contributed by atoms with Crippen molar-refractivity contribution in [3.8, 4) is 0 Å². The van der Waals surface area contributed by atoms with Gasteiger partial charge in [0.15, 0.2) is 0 Å². The minimum atomic E-state index is -0.768. The van der Waals surface area contributed by atoms with Crippen LogP contribution in [0.3, 0.4) is 0 Å². The fourth-order valence-corrected chi connectivity index (χ4v) is 1.54. The highest BCUT2D eigenvalue weighted by Crippen LogP contribution is 2.22. The second-order valence-corrected chi connectivity index (χ2v) is 4.85. The third-order valence-electron chi connectivity index (χ3n) is 2.95. The van der Waals surface area contributed by atoms with Crippen molar-refractivity contribution in [3.63, 3.8) is 0 Å². The van der Waals surface area contributed by atoms with Gasteiger partial charge in [-0.15, -0.1) is 0 Å². The van der Waals surface area contributed by atoms with Crippen molar-refractivity contribution in [2.45, 2.75) is 33.6 Å². The Kier molecular flexibility index (Phi) is 4.55. The SMILES string of the molecule is Cc1ccc(C(C)C)cc1NCC(C)C(=O)O. The van der Waals surface area contributed by atoms with Crippen LogP contribution in [0.5, 0.6) is 0 Å². The number of aliphatic carboxylic acids is 1. The van der Waals surface area contributed by atoms with E-state index in [-0.39, 0.29) is 5.92 Å². The molecule has 3 nitrogen and oxygen atoms in total. The first-order valence-electron chi connectivity index (χ1n) is 5.99. The molecular formula is C14H21NO2. The molecule has 0 aliphatic heterocycles. The Labute approximate surface area is 103 Å². The number of hydrogen-bond donors (Lipinski definition) is 2. The molecule has 0 spiro atoms.